The van der Waals surface area contributed by atoms with Crippen molar-refractivity contribution in [3.63, 3.8) is 0 Å². The zero-order chi connectivity index (χ0) is 19.8. The van der Waals surface area contributed by atoms with Crippen LogP contribution in [0.5, 0.6) is 0 Å². The van der Waals surface area contributed by atoms with Crippen LogP contribution in [-0.4, -0.2) is 82.0 Å². The van der Waals surface area contributed by atoms with E-state index in [-0.39, 0.29) is 24.0 Å². The minimum absolute atomic E-state index is 0. The van der Waals surface area contributed by atoms with Gasteiger partial charge in [-0.1, -0.05) is 6.07 Å². The molecule has 3 heterocycles. The molecule has 166 valence electrons. The maximum atomic E-state index is 6.15. The molecule has 1 N–H and O–H groups in total. The lowest BCUT2D eigenvalue weighted by Crippen LogP contribution is -2.48. The number of aliphatic imine (C=N–C) groups is 1. The van der Waals surface area contributed by atoms with Crippen molar-refractivity contribution in [2.45, 2.75) is 50.4 Å². The number of rotatable bonds is 7. The van der Waals surface area contributed by atoms with Gasteiger partial charge >= 0.3 is 0 Å². The van der Waals surface area contributed by atoms with Crippen molar-refractivity contribution in [1.29, 1.82) is 0 Å². The van der Waals surface area contributed by atoms with E-state index >= 15 is 0 Å². The molecule has 0 spiro atoms. The first-order valence-electron chi connectivity index (χ1n) is 10.6. The molecule has 6 nitrogen and oxygen atoms in total. The van der Waals surface area contributed by atoms with Crippen molar-refractivity contribution in [3.05, 3.63) is 22.4 Å². The molecule has 0 aliphatic carbocycles. The Labute approximate surface area is 197 Å². The fourth-order valence-electron chi connectivity index (χ4n) is 3.96. The quantitative estimate of drug-likeness (QED) is 0.328. The SMILES string of the molecule is CN=C(NCC(c1cccs1)N(C)C)N1CCC(OCC2CCCCO2)CC1.I. The van der Waals surface area contributed by atoms with E-state index in [1.807, 2.05) is 18.4 Å². The largest absolute Gasteiger partial charge is 0.376 e. The Morgan fingerprint density at radius 1 is 1.34 bits per heavy atom. The molecule has 2 aliphatic heterocycles. The molecule has 0 amide bonds. The van der Waals surface area contributed by atoms with E-state index in [0.717, 1.165) is 58.1 Å². The second kappa shape index (κ2) is 13.1. The van der Waals surface area contributed by atoms with Crippen LogP contribution in [0, 0.1) is 0 Å². The third-order valence-electron chi connectivity index (χ3n) is 5.69. The van der Waals surface area contributed by atoms with Crippen molar-refractivity contribution in [3.8, 4) is 0 Å². The Morgan fingerprint density at radius 3 is 2.72 bits per heavy atom. The highest BCUT2D eigenvalue weighted by atomic mass is 127. The molecular formula is C21H37IN4O2S. The highest BCUT2D eigenvalue weighted by Gasteiger charge is 2.24. The van der Waals surface area contributed by atoms with Crippen LogP contribution in [-0.2, 0) is 9.47 Å². The van der Waals surface area contributed by atoms with E-state index in [2.05, 4.69) is 51.7 Å². The molecule has 2 unspecified atom stereocenters. The predicted molar refractivity (Wildman–Crippen MR) is 132 cm³/mol. The van der Waals surface area contributed by atoms with Crippen molar-refractivity contribution >= 4 is 41.3 Å². The topological polar surface area (TPSA) is 49.3 Å². The van der Waals surface area contributed by atoms with Gasteiger partial charge in [-0.2, -0.15) is 0 Å². The van der Waals surface area contributed by atoms with Gasteiger partial charge in [-0.05, 0) is 57.6 Å². The van der Waals surface area contributed by atoms with Gasteiger partial charge in [-0.25, -0.2) is 0 Å². The van der Waals surface area contributed by atoms with Crippen LogP contribution in [0.4, 0.5) is 0 Å². The van der Waals surface area contributed by atoms with Gasteiger partial charge in [0.25, 0.3) is 0 Å². The molecule has 3 rings (SSSR count). The molecule has 0 bridgehead atoms. The molecule has 0 aromatic carbocycles. The number of likely N-dealkylation sites (N-methyl/N-ethyl adjacent to an activating group) is 1. The van der Waals surface area contributed by atoms with Crippen LogP contribution in [0.15, 0.2) is 22.5 Å². The second-order valence-electron chi connectivity index (χ2n) is 7.93. The maximum Gasteiger partial charge on any atom is 0.193 e. The first-order chi connectivity index (χ1) is 13.7. The van der Waals surface area contributed by atoms with E-state index in [1.165, 1.54) is 17.7 Å². The normalized spacial score (nSPS) is 22.4. The van der Waals surface area contributed by atoms with Crippen LogP contribution in [0.1, 0.15) is 43.0 Å². The summed E-state index contributed by atoms with van der Waals surface area (Å²) in [5.41, 5.74) is 0. The monoisotopic (exact) mass is 536 g/mol. The summed E-state index contributed by atoms with van der Waals surface area (Å²) in [7, 11) is 6.14. The van der Waals surface area contributed by atoms with Gasteiger partial charge in [0.05, 0.1) is 24.9 Å². The average molecular weight is 537 g/mol. The minimum atomic E-state index is 0. The number of nitrogens with zero attached hydrogens (tertiary/aromatic N) is 3. The Balaban J connectivity index is 0.00000300. The number of nitrogens with one attached hydrogen (secondary N) is 1. The molecule has 1 aromatic rings. The van der Waals surface area contributed by atoms with Crippen LogP contribution in [0.3, 0.4) is 0 Å². The van der Waals surface area contributed by atoms with Crippen LogP contribution < -0.4 is 5.32 Å². The predicted octanol–water partition coefficient (Wildman–Crippen LogP) is 3.59. The lowest BCUT2D eigenvalue weighted by Gasteiger charge is -2.35. The zero-order valence-corrected chi connectivity index (χ0v) is 21.2. The fraction of sp³-hybridized carbons (Fsp3) is 0.762. The summed E-state index contributed by atoms with van der Waals surface area (Å²) in [4.78, 5) is 10.5. The first-order valence-corrected chi connectivity index (χ1v) is 11.4. The van der Waals surface area contributed by atoms with Crippen molar-refractivity contribution < 1.29 is 9.47 Å². The molecule has 2 fully saturated rings. The van der Waals surface area contributed by atoms with Crippen molar-refractivity contribution in [2.24, 2.45) is 4.99 Å². The fourth-order valence-corrected chi connectivity index (χ4v) is 4.88. The number of thiophene rings is 1. The summed E-state index contributed by atoms with van der Waals surface area (Å²) < 4.78 is 11.9. The standard InChI is InChI=1S/C21H36N4O2S.HI/c1-22-21(23-15-19(24(2)3)20-8-6-14-28-20)25-11-9-17(10-12-25)27-16-18-7-4-5-13-26-18;/h6,8,14,17-19H,4-5,7,9-13,15-16H2,1-3H3,(H,22,23);1H. The van der Waals surface area contributed by atoms with E-state index < -0.39 is 0 Å². The Bertz CT molecular complexity index is 586. The smallest absolute Gasteiger partial charge is 0.193 e. The maximum absolute atomic E-state index is 6.15. The van der Waals surface area contributed by atoms with E-state index in [4.69, 9.17) is 9.47 Å². The van der Waals surface area contributed by atoms with Crippen molar-refractivity contribution in [1.82, 2.24) is 15.1 Å². The van der Waals surface area contributed by atoms with Gasteiger partial charge in [0.2, 0.25) is 0 Å². The number of hydrogen-bond donors (Lipinski definition) is 1. The first kappa shape index (κ1) is 24.8. The molecular weight excluding hydrogens is 499 g/mol. The summed E-state index contributed by atoms with van der Waals surface area (Å²) in [6.45, 7) is 4.48. The van der Waals surface area contributed by atoms with Gasteiger partial charge in [-0.15, -0.1) is 35.3 Å². The molecule has 2 aliphatic rings. The van der Waals surface area contributed by atoms with Crippen LogP contribution in [0.25, 0.3) is 0 Å². The summed E-state index contributed by atoms with van der Waals surface area (Å²) in [5, 5.41) is 5.73. The number of halogens is 1. The average Bonchev–Trinajstić information content (AvgIpc) is 3.25. The number of guanidine groups is 1. The van der Waals surface area contributed by atoms with Crippen LogP contribution >= 0.6 is 35.3 Å². The van der Waals surface area contributed by atoms with Gasteiger partial charge in [0.15, 0.2) is 5.96 Å². The summed E-state index contributed by atoms with van der Waals surface area (Å²) in [5.74, 6) is 0.998. The molecule has 8 heteroatoms. The second-order valence-corrected chi connectivity index (χ2v) is 8.91. The van der Waals surface area contributed by atoms with Crippen molar-refractivity contribution in [2.75, 3.05) is 54.0 Å². The summed E-state index contributed by atoms with van der Waals surface area (Å²) >= 11 is 1.81. The Morgan fingerprint density at radius 2 is 2.14 bits per heavy atom. The lowest BCUT2D eigenvalue weighted by atomic mass is 10.1. The minimum Gasteiger partial charge on any atom is -0.376 e. The van der Waals surface area contributed by atoms with Gasteiger partial charge < -0.3 is 24.6 Å². The molecule has 0 radical (unpaired) electrons. The Kier molecular flexibility index (Phi) is 11.2. The molecule has 29 heavy (non-hydrogen) atoms. The third kappa shape index (κ3) is 7.65. The van der Waals surface area contributed by atoms with Crippen LogP contribution in [0.2, 0.25) is 0 Å². The molecule has 2 atom stereocenters. The zero-order valence-electron chi connectivity index (χ0n) is 18.0. The highest BCUT2D eigenvalue weighted by Crippen LogP contribution is 2.23. The number of hydrogen-bond acceptors (Lipinski definition) is 5. The number of likely N-dealkylation sites (tertiary alicyclic amines) is 1. The van der Waals surface area contributed by atoms with Gasteiger partial charge in [-0.3, -0.25) is 4.99 Å². The molecule has 0 saturated carbocycles. The van der Waals surface area contributed by atoms with Gasteiger partial charge in [0.1, 0.15) is 0 Å². The number of piperidine rings is 1. The number of ether oxygens (including phenoxy) is 2. The lowest BCUT2D eigenvalue weighted by molar-refractivity contribution is -0.0721. The third-order valence-corrected chi connectivity index (χ3v) is 6.67. The summed E-state index contributed by atoms with van der Waals surface area (Å²) in [6.07, 6.45) is 6.37. The van der Waals surface area contributed by atoms with Gasteiger partial charge in [0, 0.05) is 38.2 Å². The Hall–Kier alpha value is -0.420. The molecule has 2 saturated heterocycles. The highest BCUT2D eigenvalue weighted by molar-refractivity contribution is 14.0. The van der Waals surface area contributed by atoms with E-state index in [1.54, 1.807) is 0 Å². The van der Waals surface area contributed by atoms with E-state index in [0.29, 0.717) is 18.2 Å². The molecule has 1 aromatic heterocycles. The van der Waals surface area contributed by atoms with E-state index in [9.17, 15) is 0 Å². The summed E-state index contributed by atoms with van der Waals surface area (Å²) in [6, 6.07) is 4.68.